The molecular weight excluding hydrogens is 338 g/mol. The summed E-state index contributed by atoms with van der Waals surface area (Å²) in [5.74, 6) is 0.810. The van der Waals surface area contributed by atoms with Gasteiger partial charge in [-0.05, 0) is 75.2 Å². The van der Waals surface area contributed by atoms with Crippen molar-refractivity contribution < 1.29 is 9.53 Å². The van der Waals surface area contributed by atoms with Gasteiger partial charge in [-0.2, -0.15) is 0 Å². The summed E-state index contributed by atoms with van der Waals surface area (Å²) in [5, 5.41) is 2.98. The zero-order valence-electron chi connectivity index (χ0n) is 16.7. The first-order valence-corrected chi connectivity index (χ1v) is 9.56. The highest BCUT2D eigenvalue weighted by Gasteiger charge is 2.21. The molecule has 1 fully saturated rings. The number of anilines is 2. The molecule has 1 saturated heterocycles. The van der Waals surface area contributed by atoms with E-state index in [1.807, 2.05) is 43.0 Å². The lowest BCUT2D eigenvalue weighted by molar-refractivity contribution is 0.208. The Bertz CT molecular complexity index is 758. The molecule has 0 aromatic heterocycles. The fourth-order valence-electron chi connectivity index (χ4n) is 3.39. The molecule has 2 amide bonds. The van der Waals surface area contributed by atoms with Crippen LogP contribution >= 0.6 is 0 Å². The van der Waals surface area contributed by atoms with E-state index in [0.29, 0.717) is 13.1 Å². The van der Waals surface area contributed by atoms with E-state index in [9.17, 15) is 4.79 Å². The summed E-state index contributed by atoms with van der Waals surface area (Å²) in [5.41, 5.74) is 4.58. The Labute approximate surface area is 161 Å². The predicted molar refractivity (Wildman–Crippen MR) is 111 cm³/mol. The molecule has 0 bridgehead atoms. The first-order chi connectivity index (χ1) is 12.9. The molecule has 1 heterocycles. The number of urea groups is 1. The van der Waals surface area contributed by atoms with E-state index in [-0.39, 0.29) is 12.1 Å². The highest BCUT2D eigenvalue weighted by molar-refractivity contribution is 5.89. The Hall–Kier alpha value is -2.69. The van der Waals surface area contributed by atoms with Crippen LogP contribution in [0, 0.1) is 13.8 Å². The second kappa shape index (κ2) is 8.33. The van der Waals surface area contributed by atoms with Crippen LogP contribution in [0.5, 0.6) is 5.75 Å². The van der Waals surface area contributed by atoms with Crippen LogP contribution in [0.1, 0.15) is 25.0 Å². The number of ether oxygens (including phenoxy) is 1. The summed E-state index contributed by atoms with van der Waals surface area (Å²) in [6.07, 6.45) is 0.138. The number of nitrogens with zero attached hydrogens (tertiary/aromatic N) is 2. The normalized spacial score (nSPS) is 14.4. The standard InChI is InChI=1S/C22H29N3O2/c1-16(2)27-21-7-5-19(6-8-21)23-22(26)25-11-9-24(10-12-25)20-14-17(3)13-18(4)15-20/h5-8,13-16H,9-12H2,1-4H3,(H,23,26). The second-order valence-electron chi connectivity index (χ2n) is 7.44. The van der Waals surface area contributed by atoms with Crippen molar-refractivity contribution in [2.75, 3.05) is 36.4 Å². The number of hydrogen-bond acceptors (Lipinski definition) is 3. The lowest BCUT2D eigenvalue weighted by atomic mass is 10.1. The number of aryl methyl sites for hydroxylation is 2. The summed E-state index contributed by atoms with van der Waals surface area (Å²) in [6.45, 7) is 11.4. The number of piperazine rings is 1. The Morgan fingerprint density at radius 2 is 1.56 bits per heavy atom. The van der Waals surface area contributed by atoms with Crippen LogP contribution in [0.3, 0.4) is 0 Å². The minimum atomic E-state index is -0.0485. The smallest absolute Gasteiger partial charge is 0.321 e. The number of carbonyl (C=O) groups is 1. The number of hydrogen-bond donors (Lipinski definition) is 1. The van der Waals surface area contributed by atoms with Crippen LogP contribution < -0.4 is 15.0 Å². The largest absolute Gasteiger partial charge is 0.491 e. The molecule has 0 saturated carbocycles. The molecule has 1 aliphatic rings. The van der Waals surface area contributed by atoms with Gasteiger partial charge in [0.15, 0.2) is 0 Å². The van der Waals surface area contributed by atoms with Crippen molar-refractivity contribution >= 4 is 17.4 Å². The van der Waals surface area contributed by atoms with Crippen LogP contribution in [0.15, 0.2) is 42.5 Å². The third-order valence-corrected chi connectivity index (χ3v) is 4.62. The summed E-state index contributed by atoms with van der Waals surface area (Å²) < 4.78 is 5.63. The van der Waals surface area contributed by atoms with Gasteiger partial charge in [0.2, 0.25) is 0 Å². The first-order valence-electron chi connectivity index (χ1n) is 9.56. The molecule has 5 heteroatoms. The van der Waals surface area contributed by atoms with Gasteiger partial charge in [0.25, 0.3) is 0 Å². The van der Waals surface area contributed by atoms with Gasteiger partial charge in [0.1, 0.15) is 5.75 Å². The molecule has 3 rings (SSSR count). The van der Waals surface area contributed by atoms with E-state index < -0.39 is 0 Å². The summed E-state index contributed by atoms with van der Waals surface area (Å²) in [4.78, 5) is 16.8. The molecule has 2 aromatic rings. The Kier molecular flexibility index (Phi) is 5.89. The van der Waals surface area contributed by atoms with Crippen LogP contribution in [0.25, 0.3) is 0 Å². The molecule has 1 aliphatic heterocycles. The van der Waals surface area contributed by atoms with Crippen molar-refractivity contribution in [2.24, 2.45) is 0 Å². The van der Waals surface area contributed by atoms with E-state index in [4.69, 9.17) is 4.74 Å². The number of benzene rings is 2. The average molecular weight is 367 g/mol. The molecule has 2 aromatic carbocycles. The van der Waals surface area contributed by atoms with Gasteiger partial charge < -0.3 is 19.9 Å². The zero-order chi connectivity index (χ0) is 19.4. The minimum Gasteiger partial charge on any atom is -0.491 e. The van der Waals surface area contributed by atoms with Gasteiger partial charge >= 0.3 is 6.03 Å². The Morgan fingerprint density at radius 3 is 2.11 bits per heavy atom. The molecule has 0 unspecified atom stereocenters. The molecule has 1 N–H and O–H groups in total. The number of rotatable bonds is 4. The molecule has 144 valence electrons. The minimum absolute atomic E-state index is 0.0485. The van der Waals surface area contributed by atoms with E-state index in [2.05, 4.69) is 42.3 Å². The maximum absolute atomic E-state index is 12.5. The van der Waals surface area contributed by atoms with E-state index in [1.165, 1.54) is 16.8 Å². The fraction of sp³-hybridized carbons (Fsp3) is 0.409. The highest BCUT2D eigenvalue weighted by atomic mass is 16.5. The van der Waals surface area contributed by atoms with Crippen molar-refractivity contribution in [1.29, 1.82) is 0 Å². The lowest BCUT2D eigenvalue weighted by Gasteiger charge is -2.36. The molecule has 0 aliphatic carbocycles. The highest BCUT2D eigenvalue weighted by Crippen LogP contribution is 2.21. The van der Waals surface area contributed by atoms with E-state index in [0.717, 1.165) is 24.5 Å². The van der Waals surface area contributed by atoms with E-state index >= 15 is 0 Å². The quantitative estimate of drug-likeness (QED) is 0.869. The van der Waals surface area contributed by atoms with Crippen LogP contribution in [0.4, 0.5) is 16.2 Å². The van der Waals surface area contributed by atoms with E-state index in [1.54, 1.807) is 0 Å². The first kappa shape index (κ1) is 19.1. The van der Waals surface area contributed by atoms with Gasteiger partial charge in [0.05, 0.1) is 6.10 Å². The molecule has 0 atom stereocenters. The van der Waals surface area contributed by atoms with Crippen molar-refractivity contribution in [3.63, 3.8) is 0 Å². The molecule has 5 nitrogen and oxygen atoms in total. The third-order valence-electron chi connectivity index (χ3n) is 4.62. The van der Waals surface area contributed by atoms with Crippen molar-refractivity contribution in [2.45, 2.75) is 33.8 Å². The fourth-order valence-corrected chi connectivity index (χ4v) is 3.39. The monoisotopic (exact) mass is 367 g/mol. The predicted octanol–water partition coefficient (Wildman–Crippen LogP) is 4.44. The Morgan fingerprint density at radius 1 is 0.963 bits per heavy atom. The zero-order valence-corrected chi connectivity index (χ0v) is 16.7. The number of carbonyl (C=O) groups excluding carboxylic acids is 1. The van der Waals surface area contributed by atoms with Gasteiger partial charge in [-0.25, -0.2) is 4.79 Å². The summed E-state index contributed by atoms with van der Waals surface area (Å²) in [7, 11) is 0. The van der Waals surface area contributed by atoms with Crippen LogP contribution in [-0.4, -0.2) is 43.2 Å². The summed E-state index contributed by atoms with van der Waals surface area (Å²) in [6, 6.07) is 14.1. The molecular formula is C22H29N3O2. The van der Waals surface area contributed by atoms with Gasteiger partial charge in [0, 0.05) is 37.6 Å². The topological polar surface area (TPSA) is 44.8 Å². The van der Waals surface area contributed by atoms with Gasteiger partial charge in [-0.15, -0.1) is 0 Å². The maximum Gasteiger partial charge on any atom is 0.321 e. The number of nitrogens with one attached hydrogen (secondary N) is 1. The lowest BCUT2D eigenvalue weighted by Crippen LogP contribution is -2.50. The van der Waals surface area contributed by atoms with Crippen LogP contribution in [-0.2, 0) is 0 Å². The molecule has 27 heavy (non-hydrogen) atoms. The SMILES string of the molecule is Cc1cc(C)cc(N2CCN(C(=O)Nc3ccc(OC(C)C)cc3)CC2)c1. The maximum atomic E-state index is 12.5. The molecule has 0 radical (unpaired) electrons. The summed E-state index contributed by atoms with van der Waals surface area (Å²) >= 11 is 0. The van der Waals surface area contributed by atoms with Gasteiger partial charge in [-0.3, -0.25) is 0 Å². The van der Waals surface area contributed by atoms with Crippen LogP contribution in [0.2, 0.25) is 0 Å². The van der Waals surface area contributed by atoms with Crippen molar-refractivity contribution in [3.8, 4) is 5.75 Å². The Balaban J connectivity index is 1.54. The molecule has 0 spiro atoms. The third kappa shape index (κ3) is 5.16. The van der Waals surface area contributed by atoms with Gasteiger partial charge in [-0.1, -0.05) is 6.07 Å². The number of amides is 2. The van der Waals surface area contributed by atoms with Crippen molar-refractivity contribution in [1.82, 2.24) is 4.90 Å². The second-order valence-corrected chi connectivity index (χ2v) is 7.44. The van der Waals surface area contributed by atoms with Crippen molar-refractivity contribution in [3.05, 3.63) is 53.6 Å². The average Bonchev–Trinajstić information content (AvgIpc) is 2.62.